The lowest BCUT2D eigenvalue weighted by atomic mass is 10.1. The SMILES string of the molecule is Cc1ccccc1Cn1cnc(NC(=O)c2nn(C)cc2C(=O)O)n1. The molecule has 0 unspecified atom stereocenters. The molecule has 0 bridgehead atoms. The summed E-state index contributed by atoms with van der Waals surface area (Å²) in [5.74, 6) is -1.82. The van der Waals surface area contributed by atoms with Gasteiger partial charge in [-0.1, -0.05) is 24.3 Å². The molecule has 9 nitrogen and oxygen atoms in total. The standard InChI is InChI=1S/C16H16N6O3/c1-10-5-3-4-6-11(10)7-22-9-17-16(20-22)18-14(23)13-12(15(24)25)8-21(2)19-13/h3-6,8-9H,7H2,1-2H3,(H,24,25)(H,18,20,23). The van der Waals surface area contributed by atoms with Gasteiger partial charge in [0.05, 0.1) is 6.54 Å². The van der Waals surface area contributed by atoms with E-state index in [4.69, 9.17) is 5.11 Å². The highest BCUT2D eigenvalue weighted by atomic mass is 16.4. The monoisotopic (exact) mass is 340 g/mol. The number of aryl methyl sites for hydroxylation is 2. The maximum absolute atomic E-state index is 12.2. The number of nitrogens with one attached hydrogen (secondary N) is 1. The number of hydrogen-bond acceptors (Lipinski definition) is 5. The number of carboxylic acid groups (broad SMARTS) is 1. The van der Waals surface area contributed by atoms with Crippen LogP contribution in [0.2, 0.25) is 0 Å². The van der Waals surface area contributed by atoms with Crippen molar-refractivity contribution in [3.8, 4) is 0 Å². The molecule has 0 spiro atoms. The molecule has 2 N–H and O–H groups in total. The number of rotatable bonds is 5. The molecule has 9 heteroatoms. The topological polar surface area (TPSA) is 115 Å². The van der Waals surface area contributed by atoms with Crippen molar-refractivity contribution >= 4 is 17.8 Å². The Morgan fingerprint density at radius 2 is 2.00 bits per heavy atom. The van der Waals surface area contributed by atoms with E-state index in [1.807, 2.05) is 31.2 Å². The number of aromatic carboxylic acids is 1. The molecule has 0 atom stereocenters. The Balaban J connectivity index is 1.74. The van der Waals surface area contributed by atoms with Gasteiger partial charge in [-0.25, -0.2) is 14.5 Å². The van der Waals surface area contributed by atoms with Gasteiger partial charge in [-0.05, 0) is 18.1 Å². The summed E-state index contributed by atoms with van der Waals surface area (Å²) in [4.78, 5) is 27.4. The molecule has 0 saturated carbocycles. The second-order valence-electron chi connectivity index (χ2n) is 5.52. The van der Waals surface area contributed by atoms with Crippen molar-refractivity contribution < 1.29 is 14.7 Å². The van der Waals surface area contributed by atoms with Crippen molar-refractivity contribution in [1.29, 1.82) is 0 Å². The van der Waals surface area contributed by atoms with E-state index in [0.717, 1.165) is 11.1 Å². The zero-order valence-corrected chi connectivity index (χ0v) is 13.7. The highest BCUT2D eigenvalue weighted by Crippen LogP contribution is 2.11. The number of nitrogens with zero attached hydrogens (tertiary/aromatic N) is 5. The van der Waals surface area contributed by atoms with Gasteiger partial charge in [-0.3, -0.25) is 14.8 Å². The number of hydrogen-bond donors (Lipinski definition) is 2. The largest absolute Gasteiger partial charge is 0.478 e. The van der Waals surface area contributed by atoms with Gasteiger partial charge in [0.2, 0.25) is 5.95 Å². The zero-order valence-electron chi connectivity index (χ0n) is 13.7. The summed E-state index contributed by atoms with van der Waals surface area (Å²) in [5.41, 5.74) is 1.84. The Kier molecular flexibility index (Phi) is 4.29. The Labute approximate surface area is 142 Å². The Hall–Kier alpha value is -3.49. The van der Waals surface area contributed by atoms with Gasteiger partial charge in [0.25, 0.3) is 5.91 Å². The number of anilines is 1. The third-order valence-corrected chi connectivity index (χ3v) is 3.63. The van der Waals surface area contributed by atoms with E-state index in [9.17, 15) is 9.59 Å². The molecular weight excluding hydrogens is 324 g/mol. The van der Waals surface area contributed by atoms with E-state index in [1.165, 1.54) is 17.2 Å². The lowest BCUT2D eigenvalue weighted by molar-refractivity contribution is 0.0692. The van der Waals surface area contributed by atoms with Crippen LogP contribution < -0.4 is 5.32 Å². The Bertz CT molecular complexity index is 943. The normalized spacial score (nSPS) is 10.6. The fourth-order valence-corrected chi connectivity index (χ4v) is 2.36. The number of benzene rings is 1. The minimum absolute atomic E-state index is 0.0839. The molecule has 0 aliphatic rings. The molecule has 3 aromatic rings. The second kappa shape index (κ2) is 6.56. The van der Waals surface area contributed by atoms with Crippen molar-refractivity contribution in [1.82, 2.24) is 24.5 Å². The summed E-state index contributed by atoms with van der Waals surface area (Å²) < 4.78 is 2.86. The predicted molar refractivity (Wildman–Crippen MR) is 88.4 cm³/mol. The van der Waals surface area contributed by atoms with Gasteiger partial charge in [0, 0.05) is 13.2 Å². The molecule has 2 aromatic heterocycles. The predicted octanol–water partition coefficient (Wildman–Crippen LogP) is 1.32. The number of carbonyl (C=O) groups is 2. The Morgan fingerprint density at radius 3 is 2.72 bits per heavy atom. The molecule has 0 aliphatic carbocycles. The van der Waals surface area contributed by atoms with Gasteiger partial charge in [0.15, 0.2) is 5.69 Å². The molecule has 0 aliphatic heterocycles. The van der Waals surface area contributed by atoms with Crippen LogP contribution in [-0.4, -0.2) is 41.5 Å². The first kappa shape index (κ1) is 16.4. The van der Waals surface area contributed by atoms with Crippen LogP contribution in [0.25, 0.3) is 0 Å². The van der Waals surface area contributed by atoms with E-state index in [-0.39, 0.29) is 17.2 Å². The summed E-state index contributed by atoms with van der Waals surface area (Å²) in [5, 5.41) is 19.6. The van der Waals surface area contributed by atoms with Crippen molar-refractivity contribution in [2.45, 2.75) is 13.5 Å². The first-order chi connectivity index (χ1) is 11.9. The van der Waals surface area contributed by atoms with Crippen LogP contribution in [-0.2, 0) is 13.6 Å². The molecular formula is C16H16N6O3. The molecule has 128 valence electrons. The fraction of sp³-hybridized carbons (Fsp3) is 0.188. The third kappa shape index (κ3) is 3.55. The van der Waals surface area contributed by atoms with Crippen molar-refractivity contribution in [3.05, 3.63) is 59.2 Å². The van der Waals surface area contributed by atoms with E-state index < -0.39 is 11.9 Å². The van der Waals surface area contributed by atoms with Crippen molar-refractivity contribution in [2.75, 3.05) is 5.32 Å². The number of aromatic nitrogens is 5. The van der Waals surface area contributed by atoms with E-state index in [2.05, 4.69) is 20.5 Å². The average molecular weight is 340 g/mol. The van der Waals surface area contributed by atoms with Gasteiger partial charge >= 0.3 is 5.97 Å². The molecule has 1 amide bonds. The van der Waals surface area contributed by atoms with Crippen LogP contribution >= 0.6 is 0 Å². The van der Waals surface area contributed by atoms with Crippen LogP contribution in [0.3, 0.4) is 0 Å². The molecule has 3 rings (SSSR count). The van der Waals surface area contributed by atoms with Gasteiger partial charge in [-0.2, -0.15) is 5.10 Å². The van der Waals surface area contributed by atoms with Crippen LogP contribution in [0.1, 0.15) is 32.0 Å². The molecule has 2 heterocycles. The van der Waals surface area contributed by atoms with E-state index >= 15 is 0 Å². The maximum atomic E-state index is 12.2. The molecule has 0 fully saturated rings. The quantitative estimate of drug-likeness (QED) is 0.724. The van der Waals surface area contributed by atoms with Crippen molar-refractivity contribution in [3.63, 3.8) is 0 Å². The minimum atomic E-state index is -1.23. The molecule has 1 aromatic carbocycles. The number of carbonyl (C=O) groups excluding carboxylic acids is 1. The summed E-state index contributed by atoms with van der Waals surface area (Å²) in [6.07, 6.45) is 2.76. The number of amides is 1. The van der Waals surface area contributed by atoms with E-state index in [1.54, 1.807) is 11.7 Å². The minimum Gasteiger partial charge on any atom is -0.478 e. The van der Waals surface area contributed by atoms with Crippen molar-refractivity contribution in [2.24, 2.45) is 7.05 Å². The van der Waals surface area contributed by atoms with Crippen LogP contribution in [0.4, 0.5) is 5.95 Å². The van der Waals surface area contributed by atoms with Gasteiger partial charge in [0.1, 0.15) is 11.9 Å². The maximum Gasteiger partial charge on any atom is 0.339 e. The van der Waals surface area contributed by atoms with Crippen LogP contribution in [0.5, 0.6) is 0 Å². The van der Waals surface area contributed by atoms with E-state index in [0.29, 0.717) is 6.54 Å². The molecule has 0 radical (unpaired) electrons. The van der Waals surface area contributed by atoms with Gasteiger partial charge in [-0.15, -0.1) is 5.10 Å². The summed E-state index contributed by atoms with van der Waals surface area (Å²) in [6.45, 7) is 2.52. The summed E-state index contributed by atoms with van der Waals surface area (Å²) in [7, 11) is 1.54. The molecule has 0 saturated heterocycles. The lowest BCUT2D eigenvalue weighted by Gasteiger charge is -2.04. The van der Waals surface area contributed by atoms with Crippen LogP contribution in [0, 0.1) is 6.92 Å². The first-order valence-electron chi connectivity index (χ1n) is 7.46. The Morgan fingerprint density at radius 1 is 1.24 bits per heavy atom. The lowest BCUT2D eigenvalue weighted by Crippen LogP contribution is -2.17. The number of carboxylic acids is 1. The highest BCUT2D eigenvalue weighted by Gasteiger charge is 2.22. The molecule has 25 heavy (non-hydrogen) atoms. The first-order valence-corrected chi connectivity index (χ1v) is 7.46. The third-order valence-electron chi connectivity index (χ3n) is 3.63. The fourth-order valence-electron chi connectivity index (χ4n) is 2.36. The smallest absolute Gasteiger partial charge is 0.339 e. The van der Waals surface area contributed by atoms with Gasteiger partial charge < -0.3 is 5.11 Å². The summed E-state index contributed by atoms with van der Waals surface area (Å²) >= 11 is 0. The highest BCUT2D eigenvalue weighted by molar-refractivity contribution is 6.08. The average Bonchev–Trinajstić information content (AvgIpc) is 3.16. The second-order valence-corrected chi connectivity index (χ2v) is 5.52. The summed E-state index contributed by atoms with van der Waals surface area (Å²) in [6, 6.07) is 7.89. The van der Waals surface area contributed by atoms with Crippen LogP contribution in [0.15, 0.2) is 36.8 Å². The zero-order chi connectivity index (χ0) is 18.0.